The molecule has 1 saturated heterocycles. The maximum atomic E-state index is 12.2. The summed E-state index contributed by atoms with van der Waals surface area (Å²) in [4.78, 5) is 13.9. The number of rotatable bonds is 4. The molecule has 1 amide bonds. The summed E-state index contributed by atoms with van der Waals surface area (Å²) < 4.78 is 12.1. The molecule has 2 aliphatic rings. The second-order valence-electron chi connectivity index (χ2n) is 7.21. The van der Waals surface area contributed by atoms with Crippen LogP contribution in [0, 0.1) is 5.92 Å². The molecule has 0 aromatic heterocycles. The average Bonchev–Trinajstić information content (AvgIpc) is 2.65. The number of nitrogens with zero attached hydrogens (tertiary/aromatic N) is 1. The molecule has 0 spiro atoms. The molecule has 0 bridgehead atoms. The van der Waals surface area contributed by atoms with Gasteiger partial charge in [0.2, 0.25) is 0 Å². The van der Waals surface area contributed by atoms with Crippen molar-refractivity contribution in [3.63, 3.8) is 0 Å². The molecule has 0 N–H and O–H groups in total. The fourth-order valence-corrected chi connectivity index (χ4v) is 3.79. The quantitative estimate of drug-likeness (QED) is 0.521. The SMILES string of the molecule is CCC(OC1CN(C(=O)OC(C)(C)C)CC1I)C1CCC1. The minimum Gasteiger partial charge on any atom is -0.444 e. The van der Waals surface area contributed by atoms with Crippen LogP contribution >= 0.6 is 22.6 Å². The number of carbonyl (C=O) groups excluding carboxylic acids is 1. The van der Waals surface area contributed by atoms with E-state index in [-0.39, 0.29) is 12.2 Å². The predicted molar refractivity (Wildman–Crippen MR) is 91.9 cm³/mol. The lowest BCUT2D eigenvalue weighted by Crippen LogP contribution is -2.38. The molecule has 1 saturated carbocycles. The van der Waals surface area contributed by atoms with Crippen molar-refractivity contribution in [2.24, 2.45) is 5.92 Å². The highest BCUT2D eigenvalue weighted by atomic mass is 127. The van der Waals surface area contributed by atoms with Gasteiger partial charge >= 0.3 is 6.09 Å². The van der Waals surface area contributed by atoms with E-state index in [4.69, 9.17) is 9.47 Å². The highest BCUT2D eigenvalue weighted by Gasteiger charge is 2.39. The minimum absolute atomic E-state index is 0.142. The van der Waals surface area contributed by atoms with Gasteiger partial charge in [0.25, 0.3) is 0 Å². The Bertz CT molecular complexity index is 365. The summed E-state index contributed by atoms with van der Waals surface area (Å²) >= 11 is 2.41. The van der Waals surface area contributed by atoms with Crippen LogP contribution in [0.15, 0.2) is 0 Å². The van der Waals surface area contributed by atoms with E-state index >= 15 is 0 Å². The van der Waals surface area contributed by atoms with E-state index < -0.39 is 5.60 Å². The summed E-state index contributed by atoms with van der Waals surface area (Å²) in [6.07, 6.45) is 5.29. The molecule has 3 unspecified atom stereocenters. The fourth-order valence-electron chi connectivity index (χ4n) is 2.91. The Morgan fingerprint density at radius 3 is 2.48 bits per heavy atom. The Kier molecular flexibility index (Phi) is 5.79. The Labute approximate surface area is 142 Å². The lowest BCUT2D eigenvalue weighted by atomic mass is 9.80. The molecule has 1 aliphatic heterocycles. The maximum absolute atomic E-state index is 12.2. The van der Waals surface area contributed by atoms with Crippen molar-refractivity contribution < 1.29 is 14.3 Å². The van der Waals surface area contributed by atoms with Crippen molar-refractivity contribution in [3.05, 3.63) is 0 Å². The zero-order valence-electron chi connectivity index (χ0n) is 13.6. The van der Waals surface area contributed by atoms with Crippen molar-refractivity contribution in [1.29, 1.82) is 0 Å². The molecule has 0 radical (unpaired) electrons. The summed E-state index contributed by atoms with van der Waals surface area (Å²) in [6.45, 7) is 9.29. The third kappa shape index (κ3) is 4.71. The maximum Gasteiger partial charge on any atom is 0.410 e. The average molecular weight is 409 g/mol. The minimum atomic E-state index is -0.436. The monoisotopic (exact) mass is 409 g/mol. The lowest BCUT2D eigenvalue weighted by molar-refractivity contribution is -0.0559. The van der Waals surface area contributed by atoms with Crippen molar-refractivity contribution >= 4 is 28.7 Å². The van der Waals surface area contributed by atoms with E-state index in [1.165, 1.54) is 19.3 Å². The molecule has 0 aromatic carbocycles. The number of carbonyl (C=O) groups is 1. The van der Waals surface area contributed by atoms with Gasteiger partial charge in [0.1, 0.15) is 5.60 Å². The third-order valence-corrected chi connectivity index (χ3v) is 5.47. The van der Waals surface area contributed by atoms with Gasteiger partial charge in [-0.2, -0.15) is 0 Å². The molecule has 5 heteroatoms. The fraction of sp³-hybridized carbons (Fsp3) is 0.938. The first kappa shape index (κ1) is 17.3. The van der Waals surface area contributed by atoms with Crippen LogP contribution in [-0.2, 0) is 9.47 Å². The van der Waals surface area contributed by atoms with Gasteiger partial charge in [-0.05, 0) is 46.0 Å². The van der Waals surface area contributed by atoms with Crippen LogP contribution in [0.1, 0.15) is 53.4 Å². The Balaban J connectivity index is 1.86. The lowest BCUT2D eigenvalue weighted by Gasteiger charge is -2.35. The van der Waals surface area contributed by atoms with Crippen molar-refractivity contribution in [2.75, 3.05) is 13.1 Å². The Morgan fingerprint density at radius 1 is 1.33 bits per heavy atom. The van der Waals surface area contributed by atoms with Crippen molar-refractivity contribution in [3.8, 4) is 0 Å². The van der Waals surface area contributed by atoms with E-state index in [0.29, 0.717) is 16.6 Å². The van der Waals surface area contributed by atoms with Crippen LogP contribution in [-0.4, -0.2) is 45.8 Å². The third-order valence-electron chi connectivity index (χ3n) is 4.28. The highest BCUT2D eigenvalue weighted by Crippen LogP contribution is 2.35. The molecular weight excluding hydrogens is 381 g/mol. The molecule has 4 nitrogen and oxygen atoms in total. The number of alkyl halides is 1. The molecule has 2 rings (SSSR count). The number of hydrogen-bond donors (Lipinski definition) is 0. The van der Waals surface area contributed by atoms with Crippen LogP contribution in [0.3, 0.4) is 0 Å². The number of halogens is 1. The highest BCUT2D eigenvalue weighted by molar-refractivity contribution is 14.1. The molecule has 1 aliphatic carbocycles. The Morgan fingerprint density at radius 2 is 2.00 bits per heavy atom. The number of likely N-dealkylation sites (tertiary alicyclic amines) is 1. The summed E-state index contributed by atoms with van der Waals surface area (Å²) in [5, 5.41) is 0. The topological polar surface area (TPSA) is 38.8 Å². The van der Waals surface area contributed by atoms with Crippen LogP contribution in [0.2, 0.25) is 0 Å². The molecule has 122 valence electrons. The van der Waals surface area contributed by atoms with Gasteiger partial charge in [0.15, 0.2) is 0 Å². The normalized spacial score (nSPS) is 28.3. The second kappa shape index (κ2) is 7.02. The van der Waals surface area contributed by atoms with Crippen LogP contribution in [0.5, 0.6) is 0 Å². The smallest absolute Gasteiger partial charge is 0.410 e. The zero-order chi connectivity index (χ0) is 15.6. The summed E-state index contributed by atoms with van der Waals surface area (Å²) in [5.74, 6) is 0.731. The summed E-state index contributed by atoms with van der Waals surface area (Å²) in [7, 11) is 0. The first-order valence-electron chi connectivity index (χ1n) is 8.07. The summed E-state index contributed by atoms with van der Waals surface area (Å²) in [5.41, 5.74) is -0.436. The largest absolute Gasteiger partial charge is 0.444 e. The molecule has 1 heterocycles. The van der Waals surface area contributed by atoms with E-state index in [0.717, 1.165) is 18.9 Å². The molecule has 2 fully saturated rings. The summed E-state index contributed by atoms with van der Waals surface area (Å²) in [6, 6.07) is 0. The van der Waals surface area contributed by atoms with Gasteiger partial charge in [-0.1, -0.05) is 35.9 Å². The van der Waals surface area contributed by atoms with E-state index in [1.807, 2.05) is 20.8 Å². The van der Waals surface area contributed by atoms with Gasteiger partial charge in [-0.3, -0.25) is 0 Å². The van der Waals surface area contributed by atoms with Gasteiger partial charge in [-0.25, -0.2) is 4.79 Å². The van der Waals surface area contributed by atoms with Gasteiger partial charge < -0.3 is 14.4 Å². The molecule has 21 heavy (non-hydrogen) atoms. The molecule has 3 atom stereocenters. The molecular formula is C16H28INO3. The van der Waals surface area contributed by atoms with Crippen molar-refractivity contribution in [2.45, 2.75) is 75.1 Å². The first-order valence-corrected chi connectivity index (χ1v) is 9.32. The standard InChI is InChI=1S/C16H28INO3/c1-5-13(11-7-6-8-11)20-14-10-18(9-12(14)17)15(19)21-16(2,3)4/h11-14H,5-10H2,1-4H3. The van der Waals surface area contributed by atoms with E-state index in [1.54, 1.807) is 4.90 Å². The van der Waals surface area contributed by atoms with Crippen LogP contribution in [0.25, 0.3) is 0 Å². The predicted octanol–water partition coefficient (Wildman–Crippen LogP) is 4.00. The van der Waals surface area contributed by atoms with Gasteiger partial charge in [0, 0.05) is 6.54 Å². The zero-order valence-corrected chi connectivity index (χ0v) is 15.8. The van der Waals surface area contributed by atoms with E-state index in [9.17, 15) is 4.79 Å². The molecule has 0 aromatic rings. The Hall–Kier alpha value is -0.0400. The van der Waals surface area contributed by atoms with Crippen LogP contribution in [0.4, 0.5) is 4.79 Å². The second-order valence-corrected chi connectivity index (χ2v) is 8.81. The van der Waals surface area contributed by atoms with E-state index in [2.05, 4.69) is 29.5 Å². The van der Waals surface area contributed by atoms with Crippen molar-refractivity contribution in [1.82, 2.24) is 4.90 Å². The van der Waals surface area contributed by atoms with Gasteiger partial charge in [-0.15, -0.1) is 0 Å². The van der Waals surface area contributed by atoms with Gasteiger partial charge in [0.05, 0.1) is 22.7 Å². The van der Waals surface area contributed by atoms with Crippen LogP contribution < -0.4 is 0 Å². The number of hydrogen-bond acceptors (Lipinski definition) is 3. The number of ether oxygens (including phenoxy) is 2. The first-order chi connectivity index (χ1) is 9.80. The number of amides is 1.